The van der Waals surface area contributed by atoms with Gasteiger partial charge in [-0.25, -0.2) is 0 Å². The van der Waals surface area contributed by atoms with Crippen molar-refractivity contribution in [3.8, 4) is 5.75 Å². The zero-order valence-electron chi connectivity index (χ0n) is 12.1. The van der Waals surface area contributed by atoms with E-state index in [1.165, 1.54) is 25.2 Å². The Morgan fingerprint density at radius 3 is 2.90 bits per heavy atom. The second-order valence-corrected chi connectivity index (χ2v) is 5.15. The normalized spacial score (nSPS) is 21.6. The first kappa shape index (κ1) is 15.2. The highest BCUT2D eigenvalue weighted by molar-refractivity contribution is 5.94. The van der Waals surface area contributed by atoms with Gasteiger partial charge in [0.25, 0.3) is 5.91 Å². The zero-order valence-corrected chi connectivity index (χ0v) is 12.1. The summed E-state index contributed by atoms with van der Waals surface area (Å²) in [6.45, 7) is 3.66. The minimum absolute atomic E-state index is 0.108. The van der Waals surface area contributed by atoms with Crippen molar-refractivity contribution in [1.82, 2.24) is 10.6 Å². The summed E-state index contributed by atoms with van der Waals surface area (Å²) in [4.78, 5) is 22.2. The van der Waals surface area contributed by atoms with Gasteiger partial charge in [0.2, 0.25) is 0 Å². The van der Waals surface area contributed by atoms with Gasteiger partial charge in [-0.3, -0.25) is 14.9 Å². The number of benzene rings is 1. The maximum atomic E-state index is 11.6. The maximum Gasteiger partial charge on any atom is 0.311 e. The number of rotatable bonds is 4. The first-order valence-electron chi connectivity index (χ1n) is 6.91. The highest BCUT2D eigenvalue weighted by atomic mass is 16.6. The number of hydrogen-bond donors (Lipinski definition) is 2. The van der Waals surface area contributed by atoms with Crippen molar-refractivity contribution >= 4 is 11.6 Å². The molecule has 1 aliphatic heterocycles. The quantitative estimate of drug-likeness (QED) is 0.645. The largest absolute Gasteiger partial charge is 0.482 e. The van der Waals surface area contributed by atoms with Crippen LogP contribution in [0.25, 0.3) is 0 Å². The van der Waals surface area contributed by atoms with Crippen LogP contribution in [0.15, 0.2) is 18.2 Å². The Morgan fingerprint density at radius 1 is 1.52 bits per heavy atom. The summed E-state index contributed by atoms with van der Waals surface area (Å²) in [7, 11) is 1.48. The molecule has 1 aromatic rings. The fourth-order valence-corrected chi connectivity index (χ4v) is 2.33. The van der Waals surface area contributed by atoms with Crippen LogP contribution in [0.3, 0.4) is 0 Å². The number of carbonyl (C=O) groups excluding carboxylic acids is 1. The molecule has 1 heterocycles. The standard InChI is InChI=1S/C14H19N3O4/c1-9-5-6-16-8-13(9)21-12-4-3-10(14(18)15-2)7-11(12)17(19)20/h3-4,7,9,13,16H,5-6,8H2,1-2H3,(H,15,18). The van der Waals surface area contributed by atoms with E-state index in [-0.39, 0.29) is 29.0 Å². The molecule has 1 aliphatic rings. The predicted octanol–water partition coefficient (Wildman–Crippen LogP) is 1.33. The van der Waals surface area contributed by atoms with Gasteiger partial charge in [-0.1, -0.05) is 6.92 Å². The molecule has 0 saturated carbocycles. The molecule has 2 rings (SSSR count). The second kappa shape index (κ2) is 6.53. The number of carbonyl (C=O) groups is 1. The van der Waals surface area contributed by atoms with Crippen LogP contribution in [-0.4, -0.2) is 37.1 Å². The number of piperidine rings is 1. The molecule has 0 aromatic heterocycles. The molecule has 0 spiro atoms. The maximum absolute atomic E-state index is 11.6. The summed E-state index contributed by atoms with van der Waals surface area (Å²) in [5, 5.41) is 16.8. The van der Waals surface area contributed by atoms with Gasteiger partial charge in [0, 0.05) is 25.2 Å². The Morgan fingerprint density at radius 2 is 2.29 bits per heavy atom. The highest BCUT2D eigenvalue weighted by Gasteiger charge is 2.26. The van der Waals surface area contributed by atoms with Gasteiger partial charge in [0.1, 0.15) is 6.10 Å². The minimum Gasteiger partial charge on any atom is -0.482 e. The summed E-state index contributed by atoms with van der Waals surface area (Å²) < 4.78 is 5.79. The SMILES string of the molecule is CNC(=O)c1ccc(OC2CNCCC2C)c([N+](=O)[O-])c1. The number of nitrogens with one attached hydrogen (secondary N) is 2. The lowest BCUT2D eigenvalue weighted by Gasteiger charge is -2.29. The molecule has 0 radical (unpaired) electrons. The Balaban J connectivity index is 2.26. The van der Waals surface area contributed by atoms with E-state index in [2.05, 4.69) is 17.6 Å². The molecular weight excluding hydrogens is 274 g/mol. The van der Waals surface area contributed by atoms with E-state index in [1.807, 2.05) is 0 Å². The smallest absolute Gasteiger partial charge is 0.311 e. The van der Waals surface area contributed by atoms with Crippen LogP contribution in [0.4, 0.5) is 5.69 Å². The topological polar surface area (TPSA) is 93.5 Å². The van der Waals surface area contributed by atoms with E-state index in [0.717, 1.165) is 13.0 Å². The summed E-state index contributed by atoms with van der Waals surface area (Å²) in [6.07, 6.45) is 0.859. The van der Waals surface area contributed by atoms with Crippen molar-refractivity contribution in [3.63, 3.8) is 0 Å². The molecule has 7 heteroatoms. The van der Waals surface area contributed by atoms with Crippen LogP contribution in [0.5, 0.6) is 5.75 Å². The van der Waals surface area contributed by atoms with Gasteiger partial charge in [0.05, 0.1) is 4.92 Å². The third-order valence-electron chi connectivity index (χ3n) is 3.68. The number of hydrogen-bond acceptors (Lipinski definition) is 5. The van der Waals surface area contributed by atoms with Gasteiger partial charge >= 0.3 is 5.69 Å². The zero-order chi connectivity index (χ0) is 15.4. The predicted molar refractivity (Wildman–Crippen MR) is 77.6 cm³/mol. The Labute approximate surface area is 122 Å². The van der Waals surface area contributed by atoms with Gasteiger partial charge in [-0.15, -0.1) is 0 Å². The van der Waals surface area contributed by atoms with Crippen LogP contribution in [0, 0.1) is 16.0 Å². The summed E-state index contributed by atoms with van der Waals surface area (Å²) in [6, 6.07) is 4.27. The highest BCUT2D eigenvalue weighted by Crippen LogP contribution is 2.30. The van der Waals surface area contributed by atoms with Gasteiger partial charge < -0.3 is 15.4 Å². The molecule has 1 saturated heterocycles. The Kier molecular flexibility index (Phi) is 4.74. The van der Waals surface area contributed by atoms with Crippen molar-refractivity contribution in [1.29, 1.82) is 0 Å². The van der Waals surface area contributed by atoms with Crippen LogP contribution in [-0.2, 0) is 0 Å². The van der Waals surface area contributed by atoms with E-state index < -0.39 is 4.92 Å². The van der Waals surface area contributed by atoms with Gasteiger partial charge in [0.15, 0.2) is 5.75 Å². The molecule has 0 bridgehead atoms. The van der Waals surface area contributed by atoms with Gasteiger partial charge in [-0.2, -0.15) is 0 Å². The average Bonchev–Trinajstić information content (AvgIpc) is 2.49. The third-order valence-corrected chi connectivity index (χ3v) is 3.68. The molecule has 2 unspecified atom stereocenters. The summed E-state index contributed by atoms with van der Waals surface area (Å²) in [5.41, 5.74) is 0.0558. The lowest BCUT2D eigenvalue weighted by atomic mass is 9.97. The molecule has 2 N–H and O–H groups in total. The third kappa shape index (κ3) is 3.49. The molecule has 1 amide bonds. The molecule has 2 atom stereocenters. The number of nitrogens with zero attached hydrogens (tertiary/aromatic N) is 1. The van der Waals surface area contributed by atoms with Crippen molar-refractivity contribution in [2.24, 2.45) is 5.92 Å². The lowest BCUT2D eigenvalue weighted by Crippen LogP contribution is -2.42. The van der Waals surface area contributed by atoms with E-state index in [4.69, 9.17) is 4.74 Å². The number of ether oxygens (including phenoxy) is 1. The molecule has 7 nitrogen and oxygen atoms in total. The van der Waals surface area contributed by atoms with Crippen LogP contribution in [0.2, 0.25) is 0 Å². The molecule has 21 heavy (non-hydrogen) atoms. The van der Waals surface area contributed by atoms with E-state index in [0.29, 0.717) is 12.5 Å². The first-order valence-corrected chi connectivity index (χ1v) is 6.91. The van der Waals surface area contributed by atoms with E-state index >= 15 is 0 Å². The van der Waals surface area contributed by atoms with Crippen LogP contribution >= 0.6 is 0 Å². The summed E-state index contributed by atoms with van der Waals surface area (Å²) >= 11 is 0. The van der Waals surface area contributed by atoms with E-state index in [1.54, 1.807) is 0 Å². The van der Waals surface area contributed by atoms with Crippen LogP contribution < -0.4 is 15.4 Å². The van der Waals surface area contributed by atoms with Crippen molar-refractivity contribution in [3.05, 3.63) is 33.9 Å². The van der Waals surface area contributed by atoms with Crippen molar-refractivity contribution in [2.75, 3.05) is 20.1 Å². The van der Waals surface area contributed by atoms with Crippen molar-refractivity contribution < 1.29 is 14.5 Å². The number of nitro benzene ring substituents is 1. The molecule has 1 fully saturated rings. The fourth-order valence-electron chi connectivity index (χ4n) is 2.33. The second-order valence-electron chi connectivity index (χ2n) is 5.15. The first-order chi connectivity index (χ1) is 10.0. The lowest BCUT2D eigenvalue weighted by molar-refractivity contribution is -0.386. The Bertz CT molecular complexity index is 547. The molecule has 114 valence electrons. The molecule has 1 aromatic carbocycles. The van der Waals surface area contributed by atoms with Crippen LogP contribution in [0.1, 0.15) is 23.7 Å². The average molecular weight is 293 g/mol. The number of nitro groups is 1. The fraction of sp³-hybridized carbons (Fsp3) is 0.500. The van der Waals surface area contributed by atoms with Gasteiger partial charge in [-0.05, 0) is 31.0 Å². The van der Waals surface area contributed by atoms with Crippen molar-refractivity contribution in [2.45, 2.75) is 19.4 Å². The number of amides is 1. The minimum atomic E-state index is -0.525. The summed E-state index contributed by atoms with van der Waals surface area (Å²) in [5.74, 6) is 0.162. The van der Waals surface area contributed by atoms with E-state index in [9.17, 15) is 14.9 Å². The molecule has 0 aliphatic carbocycles. The Hall–Kier alpha value is -2.15. The monoisotopic (exact) mass is 293 g/mol. The molecular formula is C14H19N3O4.